The summed E-state index contributed by atoms with van der Waals surface area (Å²) in [5.41, 5.74) is 7.34. The minimum Gasteiger partial charge on any atom is -0.388 e. The molecule has 0 atom stereocenters. The Balaban J connectivity index is 0.000000263. The van der Waals surface area contributed by atoms with Gasteiger partial charge in [0.2, 0.25) is 0 Å². The van der Waals surface area contributed by atoms with Crippen LogP contribution in [-0.2, 0) is 6.54 Å². The quantitative estimate of drug-likeness (QED) is 0.463. The van der Waals surface area contributed by atoms with Crippen LogP contribution < -0.4 is 11.1 Å². The molecule has 1 aromatic carbocycles. The van der Waals surface area contributed by atoms with Gasteiger partial charge in [-0.15, -0.1) is 0 Å². The molecule has 3 N–H and O–H groups in total. The molecule has 30 heavy (non-hydrogen) atoms. The first-order chi connectivity index (χ1) is 14.3. The van der Waals surface area contributed by atoms with E-state index in [9.17, 15) is 9.18 Å². The molecule has 2 aliphatic rings. The van der Waals surface area contributed by atoms with Gasteiger partial charge in [-0.2, -0.15) is 0 Å². The second kappa shape index (κ2) is 9.56. The number of nitrogens with one attached hydrogen (secondary N) is 1. The maximum Gasteiger partial charge on any atom is 0.274 e. The van der Waals surface area contributed by atoms with Gasteiger partial charge in [0.05, 0.1) is 17.4 Å². The minimum atomic E-state index is -0.410. The van der Waals surface area contributed by atoms with Gasteiger partial charge in [0.25, 0.3) is 5.91 Å². The van der Waals surface area contributed by atoms with Gasteiger partial charge in [-0.05, 0) is 74.3 Å². The van der Waals surface area contributed by atoms with Crippen molar-refractivity contribution >= 4 is 29.0 Å². The van der Waals surface area contributed by atoms with Crippen molar-refractivity contribution < 1.29 is 9.18 Å². The number of benzene rings is 1. The van der Waals surface area contributed by atoms with Crippen LogP contribution >= 0.6 is 11.6 Å². The van der Waals surface area contributed by atoms with Gasteiger partial charge in [0.15, 0.2) is 0 Å². The molecule has 0 saturated heterocycles. The van der Waals surface area contributed by atoms with E-state index in [1.807, 2.05) is 0 Å². The number of aliphatic imine (C=N–C) groups is 1. The van der Waals surface area contributed by atoms with Crippen molar-refractivity contribution in [2.75, 3.05) is 5.32 Å². The molecule has 1 amide bonds. The number of hydrogen-bond donors (Lipinski definition) is 2. The van der Waals surface area contributed by atoms with Crippen molar-refractivity contribution in [3.05, 3.63) is 58.6 Å². The topological polar surface area (TPSA) is 80.4 Å². The number of pyridine rings is 1. The molecule has 1 aromatic heterocycles. The Morgan fingerprint density at radius 3 is 2.57 bits per heavy atom. The molecule has 160 valence electrons. The number of amidine groups is 1. The summed E-state index contributed by atoms with van der Waals surface area (Å²) < 4.78 is 13.7. The summed E-state index contributed by atoms with van der Waals surface area (Å²) in [6.45, 7) is 4.08. The standard InChI is InChI=1S/C15H14ClFN4O.C8H14/c1-9(18)19-7-10-6-12(3-4-13(10)17)21-15(22)14-5-2-11(16)8-20-14;1-2-8(5-6-8)7-3-4-7/h2-6,8H,7H2,1H3,(H2,18,19)(H,21,22);7H,2-6H2,1H3. The molecule has 1 heterocycles. The van der Waals surface area contributed by atoms with Gasteiger partial charge >= 0.3 is 0 Å². The van der Waals surface area contributed by atoms with Crippen LogP contribution in [0.15, 0.2) is 41.5 Å². The zero-order valence-electron chi connectivity index (χ0n) is 17.4. The molecule has 2 fully saturated rings. The van der Waals surface area contributed by atoms with E-state index in [4.69, 9.17) is 17.3 Å². The van der Waals surface area contributed by atoms with Crippen molar-refractivity contribution in [3.63, 3.8) is 0 Å². The molecule has 5 nitrogen and oxygen atoms in total. The number of anilines is 1. The lowest BCUT2D eigenvalue weighted by molar-refractivity contribution is 0.102. The second-order valence-corrected chi connectivity index (χ2v) is 8.51. The Labute approximate surface area is 181 Å². The lowest BCUT2D eigenvalue weighted by Crippen LogP contribution is -2.13. The largest absolute Gasteiger partial charge is 0.388 e. The van der Waals surface area contributed by atoms with Gasteiger partial charge < -0.3 is 11.1 Å². The maximum absolute atomic E-state index is 13.7. The number of carbonyl (C=O) groups is 1. The summed E-state index contributed by atoms with van der Waals surface area (Å²) in [6.07, 6.45) is 9.03. The van der Waals surface area contributed by atoms with E-state index in [0.717, 1.165) is 5.41 Å². The number of rotatable bonds is 6. The van der Waals surface area contributed by atoms with Crippen molar-refractivity contribution in [1.82, 2.24) is 4.98 Å². The molecule has 2 saturated carbocycles. The summed E-state index contributed by atoms with van der Waals surface area (Å²) in [6, 6.07) is 7.31. The smallest absolute Gasteiger partial charge is 0.274 e. The predicted octanol–water partition coefficient (Wildman–Crippen LogP) is 5.59. The van der Waals surface area contributed by atoms with E-state index in [-0.39, 0.29) is 12.2 Å². The molecule has 4 rings (SSSR count). The van der Waals surface area contributed by atoms with Gasteiger partial charge in [0, 0.05) is 17.4 Å². The number of halogens is 2. The van der Waals surface area contributed by atoms with Crippen LogP contribution in [0.5, 0.6) is 0 Å². The van der Waals surface area contributed by atoms with Crippen LogP contribution in [0.1, 0.15) is 62.0 Å². The molecule has 7 heteroatoms. The highest BCUT2D eigenvalue weighted by Gasteiger charge is 2.51. The van der Waals surface area contributed by atoms with E-state index in [0.29, 0.717) is 22.1 Å². The van der Waals surface area contributed by atoms with Crippen LogP contribution in [0.3, 0.4) is 0 Å². The second-order valence-electron chi connectivity index (χ2n) is 8.07. The van der Waals surface area contributed by atoms with Crippen LogP contribution in [0.4, 0.5) is 10.1 Å². The highest BCUT2D eigenvalue weighted by Crippen LogP contribution is 2.63. The summed E-state index contributed by atoms with van der Waals surface area (Å²) in [4.78, 5) is 19.9. The first-order valence-corrected chi connectivity index (χ1v) is 10.7. The fourth-order valence-corrected chi connectivity index (χ4v) is 3.71. The lowest BCUT2D eigenvalue weighted by atomic mass is 9.98. The Bertz CT molecular complexity index is 917. The summed E-state index contributed by atoms with van der Waals surface area (Å²) in [5.74, 6) is 0.715. The zero-order valence-corrected chi connectivity index (χ0v) is 18.2. The molecule has 0 bridgehead atoms. The SMILES string of the molecule is CC(N)=NCc1cc(NC(=O)c2ccc(Cl)cn2)ccc1F.CCC1(C2CC2)CC1. The Morgan fingerprint density at radius 1 is 1.33 bits per heavy atom. The number of nitrogens with two attached hydrogens (primary N) is 1. The summed E-state index contributed by atoms with van der Waals surface area (Å²) in [7, 11) is 0. The number of nitrogens with zero attached hydrogens (tertiary/aromatic N) is 2. The molecule has 0 spiro atoms. The van der Waals surface area contributed by atoms with Gasteiger partial charge in [-0.25, -0.2) is 9.37 Å². The van der Waals surface area contributed by atoms with E-state index in [2.05, 4.69) is 22.2 Å². The van der Waals surface area contributed by atoms with Crippen molar-refractivity contribution in [1.29, 1.82) is 0 Å². The number of amides is 1. The van der Waals surface area contributed by atoms with Gasteiger partial charge in [-0.1, -0.05) is 24.9 Å². The first-order valence-electron chi connectivity index (χ1n) is 10.3. The first kappa shape index (κ1) is 22.2. The molecular weight excluding hydrogens is 403 g/mol. The number of aromatic nitrogens is 1. The number of hydrogen-bond acceptors (Lipinski definition) is 3. The molecule has 0 radical (unpaired) electrons. The van der Waals surface area contributed by atoms with Crippen molar-refractivity contribution in [3.8, 4) is 0 Å². The average Bonchev–Trinajstić information content (AvgIpc) is 3.62. The Kier molecular flexibility index (Phi) is 7.08. The van der Waals surface area contributed by atoms with Crippen LogP contribution in [-0.4, -0.2) is 16.7 Å². The van der Waals surface area contributed by atoms with Crippen molar-refractivity contribution in [2.45, 2.75) is 52.5 Å². The Hall–Kier alpha value is -2.47. The normalized spacial score (nSPS) is 17.0. The molecule has 2 aliphatic carbocycles. The van der Waals surface area contributed by atoms with E-state index < -0.39 is 11.7 Å². The zero-order chi connectivity index (χ0) is 21.7. The third kappa shape index (κ3) is 6.02. The fourth-order valence-electron chi connectivity index (χ4n) is 3.60. The van der Waals surface area contributed by atoms with Crippen LogP contribution in [0, 0.1) is 17.2 Å². The lowest BCUT2D eigenvalue weighted by Gasteiger charge is -2.07. The molecular formula is C23H28ClFN4O. The van der Waals surface area contributed by atoms with Crippen molar-refractivity contribution in [2.24, 2.45) is 22.1 Å². The minimum absolute atomic E-state index is 0.108. The highest BCUT2D eigenvalue weighted by atomic mass is 35.5. The van der Waals surface area contributed by atoms with Crippen LogP contribution in [0.2, 0.25) is 5.02 Å². The molecule has 2 aromatic rings. The van der Waals surface area contributed by atoms with Gasteiger partial charge in [0.1, 0.15) is 11.5 Å². The average molecular weight is 431 g/mol. The summed E-state index contributed by atoms with van der Waals surface area (Å²) >= 11 is 5.72. The third-order valence-electron chi connectivity index (χ3n) is 5.80. The third-order valence-corrected chi connectivity index (χ3v) is 6.03. The maximum atomic E-state index is 13.7. The van der Waals surface area contributed by atoms with Gasteiger partial charge in [-0.3, -0.25) is 9.79 Å². The molecule has 0 aliphatic heterocycles. The summed E-state index contributed by atoms with van der Waals surface area (Å²) in [5, 5.41) is 3.08. The van der Waals surface area contributed by atoms with Crippen LogP contribution in [0.25, 0.3) is 0 Å². The van der Waals surface area contributed by atoms with E-state index in [1.54, 1.807) is 38.7 Å². The van der Waals surface area contributed by atoms with E-state index >= 15 is 0 Å². The molecule has 0 unspecified atom stereocenters. The highest BCUT2D eigenvalue weighted by molar-refractivity contribution is 6.30. The number of carbonyl (C=O) groups excluding carboxylic acids is 1. The predicted molar refractivity (Wildman–Crippen MR) is 119 cm³/mol. The Morgan fingerprint density at radius 2 is 2.07 bits per heavy atom. The monoisotopic (exact) mass is 430 g/mol. The fraction of sp³-hybridized carbons (Fsp3) is 0.435. The van der Waals surface area contributed by atoms with E-state index in [1.165, 1.54) is 42.8 Å².